The normalized spacial score (nSPS) is 20.8. The predicted octanol–water partition coefficient (Wildman–Crippen LogP) is 2.65. The van der Waals surface area contributed by atoms with Gasteiger partial charge in [-0.15, -0.1) is 0 Å². The Hall–Kier alpha value is -0.640. The van der Waals surface area contributed by atoms with Gasteiger partial charge in [-0.05, 0) is 31.6 Å². The Morgan fingerprint density at radius 1 is 1.39 bits per heavy atom. The van der Waals surface area contributed by atoms with E-state index in [9.17, 15) is 0 Å². The number of nitrogens with zero attached hydrogens (tertiary/aromatic N) is 3. The Morgan fingerprint density at radius 2 is 2.17 bits per heavy atom. The maximum atomic E-state index is 5.92. The molecule has 0 spiro atoms. The van der Waals surface area contributed by atoms with Gasteiger partial charge in [0.1, 0.15) is 5.15 Å². The van der Waals surface area contributed by atoms with Gasteiger partial charge in [-0.2, -0.15) is 0 Å². The first kappa shape index (κ1) is 13.8. The lowest BCUT2D eigenvalue weighted by Crippen LogP contribution is -2.37. The standard InChI is InChI=1S/C14H22ClN3/c1-3-18(4-2)13-8-9-17(11-13)10-12-6-5-7-14(15)16-12/h5-7,13H,3-4,8-11H2,1-2H3. The number of rotatable bonds is 5. The lowest BCUT2D eigenvalue weighted by atomic mass is 10.2. The van der Waals surface area contributed by atoms with E-state index in [2.05, 4.69) is 34.7 Å². The van der Waals surface area contributed by atoms with Crippen LogP contribution in [0.5, 0.6) is 0 Å². The summed E-state index contributed by atoms with van der Waals surface area (Å²) in [4.78, 5) is 9.38. The molecule has 18 heavy (non-hydrogen) atoms. The van der Waals surface area contributed by atoms with Crippen LogP contribution in [0.3, 0.4) is 0 Å². The van der Waals surface area contributed by atoms with E-state index >= 15 is 0 Å². The minimum absolute atomic E-state index is 0.590. The van der Waals surface area contributed by atoms with Crippen molar-refractivity contribution < 1.29 is 0 Å². The number of likely N-dealkylation sites (N-methyl/N-ethyl adjacent to an activating group) is 1. The highest BCUT2D eigenvalue weighted by molar-refractivity contribution is 6.29. The molecule has 0 N–H and O–H groups in total. The number of hydrogen-bond donors (Lipinski definition) is 0. The second-order valence-electron chi connectivity index (χ2n) is 4.85. The number of hydrogen-bond acceptors (Lipinski definition) is 3. The number of halogens is 1. The van der Waals surface area contributed by atoms with E-state index in [1.165, 1.54) is 6.42 Å². The van der Waals surface area contributed by atoms with Crippen molar-refractivity contribution in [3.8, 4) is 0 Å². The van der Waals surface area contributed by atoms with Crippen LogP contribution >= 0.6 is 11.6 Å². The van der Waals surface area contributed by atoms with Gasteiger partial charge < -0.3 is 0 Å². The molecule has 3 nitrogen and oxygen atoms in total. The van der Waals surface area contributed by atoms with E-state index < -0.39 is 0 Å². The van der Waals surface area contributed by atoms with Crippen molar-refractivity contribution in [1.82, 2.24) is 14.8 Å². The highest BCUT2D eigenvalue weighted by Gasteiger charge is 2.26. The van der Waals surface area contributed by atoms with Crippen LogP contribution in [-0.2, 0) is 6.54 Å². The number of pyridine rings is 1. The molecule has 0 aromatic carbocycles. The molecular formula is C14H22ClN3. The third-order valence-electron chi connectivity index (χ3n) is 3.73. The first-order chi connectivity index (χ1) is 8.72. The predicted molar refractivity (Wildman–Crippen MR) is 75.9 cm³/mol. The molecule has 1 unspecified atom stereocenters. The average Bonchev–Trinajstić information content (AvgIpc) is 2.79. The first-order valence-electron chi connectivity index (χ1n) is 6.80. The second-order valence-corrected chi connectivity index (χ2v) is 5.24. The van der Waals surface area contributed by atoms with Crippen molar-refractivity contribution in [1.29, 1.82) is 0 Å². The molecule has 0 radical (unpaired) electrons. The molecule has 1 fully saturated rings. The fourth-order valence-electron chi connectivity index (χ4n) is 2.76. The monoisotopic (exact) mass is 267 g/mol. The van der Waals surface area contributed by atoms with Crippen LogP contribution in [0.25, 0.3) is 0 Å². The van der Waals surface area contributed by atoms with E-state index in [4.69, 9.17) is 11.6 Å². The van der Waals surface area contributed by atoms with E-state index in [1.54, 1.807) is 0 Å². The molecule has 1 atom stereocenters. The molecule has 1 aromatic heterocycles. The van der Waals surface area contributed by atoms with Crippen LogP contribution in [0.4, 0.5) is 0 Å². The zero-order valence-electron chi connectivity index (χ0n) is 11.3. The second kappa shape index (κ2) is 6.50. The molecule has 1 aliphatic rings. The molecule has 1 aromatic rings. The van der Waals surface area contributed by atoms with Crippen LogP contribution in [0.1, 0.15) is 26.0 Å². The van der Waals surface area contributed by atoms with Gasteiger partial charge in [0.2, 0.25) is 0 Å². The van der Waals surface area contributed by atoms with E-state index in [0.29, 0.717) is 11.2 Å². The lowest BCUT2D eigenvalue weighted by Gasteiger charge is -2.26. The highest BCUT2D eigenvalue weighted by atomic mass is 35.5. The zero-order valence-corrected chi connectivity index (χ0v) is 12.0. The lowest BCUT2D eigenvalue weighted by molar-refractivity contribution is 0.208. The molecule has 0 saturated carbocycles. The Labute approximate surface area is 115 Å². The van der Waals surface area contributed by atoms with Crippen molar-refractivity contribution in [3.05, 3.63) is 29.0 Å². The number of aromatic nitrogens is 1. The smallest absolute Gasteiger partial charge is 0.129 e. The van der Waals surface area contributed by atoms with Gasteiger partial charge in [0.15, 0.2) is 0 Å². The quantitative estimate of drug-likeness (QED) is 0.765. The van der Waals surface area contributed by atoms with Crippen molar-refractivity contribution in [2.45, 2.75) is 32.9 Å². The summed E-state index contributed by atoms with van der Waals surface area (Å²) in [5.74, 6) is 0. The van der Waals surface area contributed by atoms with Crippen molar-refractivity contribution in [3.63, 3.8) is 0 Å². The summed E-state index contributed by atoms with van der Waals surface area (Å²) >= 11 is 5.92. The third kappa shape index (κ3) is 3.44. The highest BCUT2D eigenvalue weighted by Crippen LogP contribution is 2.17. The summed E-state index contributed by atoms with van der Waals surface area (Å²) in [6.07, 6.45) is 1.27. The van der Waals surface area contributed by atoms with Gasteiger partial charge in [-0.3, -0.25) is 9.80 Å². The largest absolute Gasteiger partial charge is 0.300 e. The molecular weight excluding hydrogens is 246 g/mol. The molecule has 0 bridgehead atoms. The molecule has 0 aliphatic carbocycles. The summed E-state index contributed by atoms with van der Waals surface area (Å²) < 4.78 is 0. The minimum atomic E-state index is 0.590. The Balaban J connectivity index is 1.89. The van der Waals surface area contributed by atoms with Gasteiger partial charge >= 0.3 is 0 Å². The van der Waals surface area contributed by atoms with Gasteiger partial charge in [0.25, 0.3) is 0 Å². The molecule has 2 heterocycles. The van der Waals surface area contributed by atoms with Crippen LogP contribution in [0.2, 0.25) is 5.15 Å². The Bertz CT molecular complexity index is 379. The molecule has 4 heteroatoms. The third-order valence-corrected chi connectivity index (χ3v) is 3.95. The minimum Gasteiger partial charge on any atom is -0.300 e. The van der Waals surface area contributed by atoms with Crippen molar-refractivity contribution in [2.75, 3.05) is 26.2 Å². The van der Waals surface area contributed by atoms with E-state index in [1.807, 2.05) is 12.1 Å². The van der Waals surface area contributed by atoms with Crippen LogP contribution in [0.15, 0.2) is 18.2 Å². The van der Waals surface area contributed by atoms with Gasteiger partial charge in [0, 0.05) is 25.7 Å². The van der Waals surface area contributed by atoms with Crippen molar-refractivity contribution in [2.24, 2.45) is 0 Å². The number of likely N-dealkylation sites (tertiary alicyclic amines) is 1. The summed E-state index contributed by atoms with van der Waals surface area (Å²) in [6, 6.07) is 6.56. The van der Waals surface area contributed by atoms with Crippen LogP contribution in [0, 0.1) is 0 Å². The van der Waals surface area contributed by atoms with E-state index in [-0.39, 0.29) is 0 Å². The summed E-state index contributed by atoms with van der Waals surface area (Å²) in [5.41, 5.74) is 1.07. The maximum Gasteiger partial charge on any atom is 0.129 e. The maximum absolute atomic E-state index is 5.92. The Morgan fingerprint density at radius 3 is 2.83 bits per heavy atom. The fourth-order valence-corrected chi connectivity index (χ4v) is 2.94. The SMILES string of the molecule is CCN(CC)C1CCN(Cc2cccc(Cl)n2)C1. The molecule has 1 saturated heterocycles. The fraction of sp³-hybridized carbons (Fsp3) is 0.643. The van der Waals surface area contributed by atoms with Gasteiger partial charge in [0.05, 0.1) is 5.69 Å². The average molecular weight is 268 g/mol. The zero-order chi connectivity index (χ0) is 13.0. The molecule has 2 rings (SSSR count). The first-order valence-corrected chi connectivity index (χ1v) is 7.18. The molecule has 1 aliphatic heterocycles. The summed E-state index contributed by atoms with van der Waals surface area (Å²) in [6.45, 7) is 9.99. The molecule has 0 amide bonds. The van der Waals surface area contributed by atoms with Crippen molar-refractivity contribution >= 4 is 11.6 Å². The summed E-state index contributed by atoms with van der Waals surface area (Å²) in [7, 11) is 0. The Kier molecular flexibility index (Phi) is 4.98. The van der Waals surface area contributed by atoms with E-state index in [0.717, 1.165) is 38.4 Å². The topological polar surface area (TPSA) is 19.4 Å². The van der Waals surface area contributed by atoms with Gasteiger partial charge in [-0.25, -0.2) is 4.98 Å². The summed E-state index contributed by atoms with van der Waals surface area (Å²) in [5, 5.41) is 0.590. The van der Waals surface area contributed by atoms with Gasteiger partial charge in [-0.1, -0.05) is 31.5 Å². The van der Waals surface area contributed by atoms with Crippen LogP contribution < -0.4 is 0 Å². The molecule has 100 valence electrons. The van der Waals surface area contributed by atoms with Crippen LogP contribution in [-0.4, -0.2) is 47.0 Å².